The van der Waals surface area contributed by atoms with E-state index in [2.05, 4.69) is 10.6 Å². The van der Waals surface area contributed by atoms with E-state index in [-0.39, 0.29) is 5.91 Å². The molecule has 0 radical (unpaired) electrons. The van der Waals surface area contributed by atoms with E-state index in [1.54, 1.807) is 6.92 Å². The first-order valence-electron chi connectivity index (χ1n) is 4.95. The van der Waals surface area contributed by atoms with Gasteiger partial charge in [0.25, 0.3) is 0 Å². The SMILES string of the molecule is CC(=O)N[C@@H]1[C@H](NC=O)[C@@H](O)[C@H](C)O[C@H]1O. The van der Waals surface area contributed by atoms with Crippen molar-refractivity contribution >= 4 is 12.3 Å². The number of carbonyl (C=O) groups excluding carboxylic acids is 2. The van der Waals surface area contributed by atoms with Crippen molar-refractivity contribution in [2.75, 3.05) is 0 Å². The maximum absolute atomic E-state index is 10.9. The van der Waals surface area contributed by atoms with E-state index in [9.17, 15) is 19.8 Å². The number of hydrogen-bond donors (Lipinski definition) is 4. The molecule has 0 aromatic rings. The number of aliphatic hydroxyl groups excluding tert-OH is 2. The Morgan fingerprint density at radius 2 is 2.00 bits per heavy atom. The van der Waals surface area contributed by atoms with Crippen molar-refractivity contribution < 1.29 is 24.5 Å². The van der Waals surface area contributed by atoms with Gasteiger partial charge in [0.15, 0.2) is 6.29 Å². The second-order valence-corrected chi connectivity index (χ2v) is 3.76. The van der Waals surface area contributed by atoms with Gasteiger partial charge in [-0.25, -0.2) is 0 Å². The van der Waals surface area contributed by atoms with Crippen LogP contribution in [0.3, 0.4) is 0 Å². The molecule has 1 saturated heterocycles. The summed E-state index contributed by atoms with van der Waals surface area (Å²) in [7, 11) is 0. The van der Waals surface area contributed by atoms with Crippen molar-refractivity contribution in [3.63, 3.8) is 0 Å². The zero-order valence-corrected chi connectivity index (χ0v) is 9.08. The first kappa shape index (κ1) is 12.9. The maximum Gasteiger partial charge on any atom is 0.217 e. The van der Waals surface area contributed by atoms with Gasteiger partial charge in [0, 0.05) is 6.92 Å². The Morgan fingerprint density at radius 1 is 1.38 bits per heavy atom. The highest BCUT2D eigenvalue weighted by Gasteiger charge is 2.43. The molecule has 1 heterocycles. The summed E-state index contributed by atoms with van der Waals surface area (Å²) >= 11 is 0. The van der Waals surface area contributed by atoms with Crippen LogP contribution in [0.15, 0.2) is 0 Å². The average Bonchev–Trinajstić information content (AvgIpc) is 2.19. The van der Waals surface area contributed by atoms with Crippen LogP contribution in [-0.2, 0) is 14.3 Å². The predicted octanol–water partition coefficient (Wildman–Crippen LogP) is -2.30. The number of rotatable bonds is 3. The highest BCUT2D eigenvalue weighted by atomic mass is 16.6. The van der Waals surface area contributed by atoms with E-state index in [1.807, 2.05) is 0 Å². The molecule has 1 aliphatic heterocycles. The summed E-state index contributed by atoms with van der Waals surface area (Å²) in [6, 6.07) is -1.64. The van der Waals surface area contributed by atoms with Crippen LogP contribution in [0.25, 0.3) is 0 Å². The Bertz CT molecular complexity index is 273. The molecule has 2 amide bonds. The normalized spacial score (nSPS) is 38.9. The minimum atomic E-state index is -1.26. The van der Waals surface area contributed by atoms with Gasteiger partial charge in [-0.05, 0) is 6.92 Å². The van der Waals surface area contributed by atoms with Gasteiger partial charge in [0.05, 0.1) is 12.1 Å². The first-order chi connectivity index (χ1) is 7.47. The second kappa shape index (κ2) is 5.24. The number of amides is 2. The molecule has 7 heteroatoms. The quantitative estimate of drug-likeness (QED) is 0.409. The van der Waals surface area contributed by atoms with Crippen LogP contribution in [0.5, 0.6) is 0 Å². The summed E-state index contributed by atoms with van der Waals surface area (Å²) in [6.07, 6.45) is -2.48. The fourth-order valence-corrected chi connectivity index (χ4v) is 1.74. The van der Waals surface area contributed by atoms with Gasteiger partial charge >= 0.3 is 0 Å². The van der Waals surface area contributed by atoms with Gasteiger partial charge in [-0.15, -0.1) is 0 Å². The zero-order chi connectivity index (χ0) is 12.3. The van der Waals surface area contributed by atoms with Crippen LogP contribution in [-0.4, -0.2) is 53.1 Å². The van der Waals surface area contributed by atoms with E-state index in [0.29, 0.717) is 6.41 Å². The Hall–Kier alpha value is -1.18. The van der Waals surface area contributed by atoms with Gasteiger partial charge in [-0.2, -0.15) is 0 Å². The Kier molecular flexibility index (Phi) is 4.22. The van der Waals surface area contributed by atoms with Crippen LogP contribution in [0.1, 0.15) is 13.8 Å². The molecule has 92 valence electrons. The predicted molar refractivity (Wildman–Crippen MR) is 53.2 cm³/mol. The van der Waals surface area contributed by atoms with E-state index < -0.39 is 30.6 Å². The molecule has 16 heavy (non-hydrogen) atoms. The van der Waals surface area contributed by atoms with E-state index in [1.165, 1.54) is 6.92 Å². The molecule has 1 aliphatic rings. The molecule has 0 unspecified atom stereocenters. The van der Waals surface area contributed by atoms with Gasteiger partial charge < -0.3 is 25.6 Å². The average molecular weight is 232 g/mol. The number of nitrogens with one attached hydrogen (secondary N) is 2. The Labute approximate surface area is 92.8 Å². The maximum atomic E-state index is 10.9. The lowest BCUT2D eigenvalue weighted by molar-refractivity contribution is -0.217. The van der Waals surface area contributed by atoms with Crippen LogP contribution in [0, 0.1) is 0 Å². The van der Waals surface area contributed by atoms with Crippen molar-refractivity contribution in [2.24, 2.45) is 0 Å². The lowest BCUT2D eigenvalue weighted by Crippen LogP contribution is -2.67. The van der Waals surface area contributed by atoms with Crippen molar-refractivity contribution in [2.45, 2.75) is 44.4 Å². The van der Waals surface area contributed by atoms with Gasteiger partial charge in [0.2, 0.25) is 12.3 Å². The fourth-order valence-electron chi connectivity index (χ4n) is 1.74. The summed E-state index contributed by atoms with van der Waals surface area (Å²) in [5, 5.41) is 24.1. The topological polar surface area (TPSA) is 108 Å². The fraction of sp³-hybridized carbons (Fsp3) is 0.778. The first-order valence-corrected chi connectivity index (χ1v) is 4.95. The highest BCUT2D eigenvalue weighted by Crippen LogP contribution is 2.19. The van der Waals surface area contributed by atoms with Gasteiger partial charge in [-0.3, -0.25) is 9.59 Å². The summed E-state index contributed by atoms with van der Waals surface area (Å²) < 4.78 is 5.02. The molecule has 0 spiro atoms. The minimum absolute atomic E-state index is 0.382. The number of hydrogen-bond acceptors (Lipinski definition) is 5. The third-order valence-electron chi connectivity index (χ3n) is 2.53. The Balaban J connectivity index is 2.81. The second-order valence-electron chi connectivity index (χ2n) is 3.76. The molecule has 1 fully saturated rings. The van der Waals surface area contributed by atoms with Crippen molar-refractivity contribution in [3.8, 4) is 0 Å². The molecule has 1 rings (SSSR count). The van der Waals surface area contributed by atoms with Crippen LogP contribution in [0.2, 0.25) is 0 Å². The largest absolute Gasteiger partial charge is 0.388 e. The third kappa shape index (κ3) is 2.69. The molecule has 4 N–H and O–H groups in total. The third-order valence-corrected chi connectivity index (χ3v) is 2.53. The highest BCUT2D eigenvalue weighted by molar-refractivity contribution is 5.73. The molecule has 0 aliphatic carbocycles. The van der Waals surface area contributed by atoms with E-state index >= 15 is 0 Å². The number of carbonyl (C=O) groups is 2. The smallest absolute Gasteiger partial charge is 0.217 e. The van der Waals surface area contributed by atoms with Crippen molar-refractivity contribution in [3.05, 3.63) is 0 Å². The number of aliphatic hydroxyl groups is 2. The molecule has 5 atom stereocenters. The lowest BCUT2D eigenvalue weighted by Gasteiger charge is -2.41. The molecule has 0 bridgehead atoms. The van der Waals surface area contributed by atoms with Crippen LogP contribution >= 0.6 is 0 Å². The van der Waals surface area contributed by atoms with Crippen LogP contribution in [0.4, 0.5) is 0 Å². The molecule has 0 aromatic carbocycles. The van der Waals surface area contributed by atoms with E-state index in [0.717, 1.165) is 0 Å². The standard InChI is InChI=1S/C9H16N2O5/c1-4-8(14)6(10-3-12)7(9(15)16-4)11-5(2)13/h3-4,6-9,14-15H,1-2H3,(H,10,12)(H,11,13)/t4-,6-,7+,8-,9+/m0/s1. The summed E-state index contributed by atoms with van der Waals surface area (Å²) in [5.41, 5.74) is 0. The van der Waals surface area contributed by atoms with Crippen molar-refractivity contribution in [1.82, 2.24) is 10.6 Å². The van der Waals surface area contributed by atoms with Gasteiger partial charge in [0.1, 0.15) is 12.1 Å². The van der Waals surface area contributed by atoms with Crippen molar-refractivity contribution in [1.29, 1.82) is 0 Å². The summed E-state index contributed by atoms with van der Waals surface area (Å²) in [6.45, 7) is 2.84. The molecular weight excluding hydrogens is 216 g/mol. The number of ether oxygens (including phenoxy) is 1. The minimum Gasteiger partial charge on any atom is -0.388 e. The monoisotopic (exact) mass is 232 g/mol. The van der Waals surface area contributed by atoms with Gasteiger partial charge in [-0.1, -0.05) is 0 Å². The molecular formula is C9H16N2O5. The summed E-state index contributed by atoms with van der Waals surface area (Å²) in [5.74, 6) is -0.382. The molecule has 7 nitrogen and oxygen atoms in total. The zero-order valence-electron chi connectivity index (χ0n) is 9.08. The lowest BCUT2D eigenvalue weighted by atomic mass is 9.95. The molecule has 0 saturated carbocycles. The Morgan fingerprint density at radius 3 is 2.50 bits per heavy atom. The summed E-state index contributed by atoms with van der Waals surface area (Å²) in [4.78, 5) is 21.3. The van der Waals surface area contributed by atoms with Crippen LogP contribution < -0.4 is 10.6 Å². The molecule has 0 aromatic heterocycles. The van der Waals surface area contributed by atoms with E-state index in [4.69, 9.17) is 4.74 Å².